The summed E-state index contributed by atoms with van der Waals surface area (Å²) in [6.07, 6.45) is 0.981. The lowest BCUT2D eigenvalue weighted by Gasteiger charge is -2.47. The molecule has 0 aromatic heterocycles. The first kappa shape index (κ1) is 18.1. The maximum Gasteiger partial charge on any atom is 0.307 e. The van der Waals surface area contributed by atoms with Crippen molar-refractivity contribution in [1.29, 1.82) is 0 Å². The van der Waals surface area contributed by atoms with Crippen molar-refractivity contribution in [2.45, 2.75) is 38.0 Å². The molecule has 136 valence electrons. The van der Waals surface area contributed by atoms with E-state index in [1.807, 2.05) is 60.7 Å². The van der Waals surface area contributed by atoms with Gasteiger partial charge >= 0.3 is 5.97 Å². The summed E-state index contributed by atoms with van der Waals surface area (Å²) in [7, 11) is 1.40. The van der Waals surface area contributed by atoms with Gasteiger partial charge in [0.15, 0.2) is 0 Å². The fourth-order valence-corrected chi connectivity index (χ4v) is 3.32. The van der Waals surface area contributed by atoms with Crippen LogP contribution in [0.25, 0.3) is 0 Å². The molecule has 2 atom stereocenters. The molecule has 26 heavy (non-hydrogen) atoms. The van der Waals surface area contributed by atoms with Gasteiger partial charge in [-0.1, -0.05) is 60.7 Å². The Bertz CT molecular complexity index is 733. The van der Waals surface area contributed by atoms with Crippen molar-refractivity contribution >= 4 is 11.9 Å². The summed E-state index contributed by atoms with van der Waals surface area (Å²) in [6.45, 7) is 1.16. The number of likely N-dealkylation sites (tertiary alicyclic amines) is 1. The first-order chi connectivity index (χ1) is 12.7. The molecule has 0 bridgehead atoms. The van der Waals surface area contributed by atoms with Gasteiger partial charge in [0.25, 0.3) is 0 Å². The predicted molar refractivity (Wildman–Crippen MR) is 99.1 cm³/mol. The zero-order valence-corrected chi connectivity index (χ0v) is 14.9. The minimum atomic E-state index is -0.240. The molecular weight excluding hydrogens is 328 g/mol. The third-order valence-corrected chi connectivity index (χ3v) is 4.81. The molecule has 2 unspecified atom stereocenters. The number of hydrogen-bond acceptors (Lipinski definition) is 4. The Balaban J connectivity index is 1.62. The molecule has 3 rings (SSSR count). The van der Waals surface area contributed by atoms with E-state index in [-0.39, 0.29) is 24.0 Å². The highest BCUT2D eigenvalue weighted by Crippen LogP contribution is 2.30. The quantitative estimate of drug-likeness (QED) is 0.778. The molecule has 0 saturated carbocycles. The van der Waals surface area contributed by atoms with Crippen LogP contribution in [0.4, 0.5) is 0 Å². The second-order valence-corrected chi connectivity index (χ2v) is 6.55. The van der Waals surface area contributed by atoms with Gasteiger partial charge in [-0.2, -0.15) is 0 Å². The van der Waals surface area contributed by atoms with Crippen molar-refractivity contribution in [2.75, 3.05) is 7.11 Å². The molecule has 1 aliphatic rings. The molecular formula is C21H24N2O3. The summed E-state index contributed by atoms with van der Waals surface area (Å²) < 4.78 is 4.79. The molecule has 5 nitrogen and oxygen atoms in total. The van der Waals surface area contributed by atoms with Crippen LogP contribution in [0, 0.1) is 0 Å². The number of nitrogens with zero attached hydrogens (tertiary/aromatic N) is 1. The van der Waals surface area contributed by atoms with Crippen molar-refractivity contribution in [3.05, 3.63) is 71.8 Å². The molecule has 5 heteroatoms. The first-order valence-corrected chi connectivity index (χ1v) is 8.85. The largest absolute Gasteiger partial charge is 0.469 e. The van der Waals surface area contributed by atoms with E-state index in [2.05, 4.69) is 10.2 Å². The summed E-state index contributed by atoms with van der Waals surface area (Å²) in [6, 6.07) is 19.7. The molecule has 1 fully saturated rings. The number of benzene rings is 2. The zero-order chi connectivity index (χ0) is 18.4. The van der Waals surface area contributed by atoms with Gasteiger partial charge in [-0.3, -0.25) is 14.5 Å². The molecule has 2 aromatic rings. The Morgan fingerprint density at radius 1 is 1.04 bits per heavy atom. The second kappa shape index (κ2) is 8.63. The number of hydrogen-bond donors (Lipinski definition) is 1. The average Bonchev–Trinajstić information content (AvgIpc) is 2.68. The van der Waals surface area contributed by atoms with Crippen LogP contribution in [0.5, 0.6) is 0 Å². The number of amides is 1. The Labute approximate surface area is 154 Å². The van der Waals surface area contributed by atoms with Gasteiger partial charge in [-0.05, 0) is 17.5 Å². The molecule has 0 spiro atoms. The minimum absolute atomic E-state index is 0.00546. The van der Waals surface area contributed by atoms with E-state index in [4.69, 9.17) is 4.74 Å². The lowest BCUT2D eigenvalue weighted by Crippen LogP contribution is -2.61. The van der Waals surface area contributed by atoms with Crippen molar-refractivity contribution in [3.8, 4) is 0 Å². The topological polar surface area (TPSA) is 58.6 Å². The van der Waals surface area contributed by atoms with E-state index in [0.29, 0.717) is 25.9 Å². The van der Waals surface area contributed by atoms with Crippen LogP contribution in [0.2, 0.25) is 0 Å². The van der Waals surface area contributed by atoms with E-state index < -0.39 is 0 Å². The normalized spacial score (nSPS) is 19.4. The smallest absolute Gasteiger partial charge is 0.307 e. The van der Waals surface area contributed by atoms with Gasteiger partial charge in [-0.15, -0.1) is 0 Å². The lowest BCUT2D eigenvalue weighted by atomic mass is 9.88. The summed E-state index contributed by atoms with van der Waals surface area (Å²) in [4.78, 5) is 26.4. The molecule has 1 amide bonds. The Hall–Kier alpha value is -2.66. The number of carbonyl (C=O) groups is 2. The monoisotopic (exact) mass is 352 g/mol. The highest BCUT2D eigenvalue weighted by atomic mass is 16.5. The van der Waals surface area contributed by atoms with Crippen molar-refractivity contribution < 1.29 is 14.3 Å². The standard InChI is InChI=1S/C21H24N2O3/c1-26-20(24)13-18-12-19(23(18)15-17-10-6-3-7-11-17)21(25)22-14-16-8-4-2-5-9-16/h2-11,18-19H,12-15H2,1H3,(H,22,25). The van der Waals surface area contributed by atoms with Gasteiger partial charge in [0.1, 0.15) is 0 Å². The number of esters is 1. The van der Waals surface area contributed by atoms with Gasteiger partial charge in [0.05, 0.1) is 19.6 Å². The number of rotatable bonds is 7. The summed E-state index contributed by atoms with van der Waals surface area (Å²) in [5.41, 5.74) is 2.20. The number of carbonyl (C=O) groups excluding carboxylic acids is 2. The number of nitrogens with one attached hydrogen (secondary N) is 1. The van der Waals surface area contributed by atoms with Crippen LogP contribution >= 0.6 is 0 Å². The maximum absolute atomic E-state index is 12.6. The Morgan fingerprint density at radius 2 is 1.65 bits per heavy atom. The van der Waals surface area contributed by atoms with Crippen LogP contribution in [0.1, 0.15) is 24.0 Å². The van der Waals surface area contributed by atoms with Gasteiger partial charge in [-0.25, -0.2) is 0 Å². The summed E-state index contributed by atoms with van der Waals surface area (Å²) >= 11 is 0. The highest BCUT2D eigenvalue weighted by molar-refractivity contribution is 5.83. The average molecular weight is 352 g/mol. The van der Waals surface area contributed by atoms with Crippen molar-refractivity contribution in [2.24, 2.45) is 0 Å². The van der Waals surface area contributed by atoms with Crippen LogP contribution in [-0.2, 0) is 27.4 Å². The fraction of sp³-hybridized carbons (Fsp3) is 0.333. The second-order valence-electron chi connectivity index (χ2n) is 6.55. The molecule has 1 saturated heterocycles. The number of methoxy groups -OCH3 is 1. The van der Waals surface area contributed by atoms with E-state index in [1.54, 1.807) is 0 Å². The Morgan fingerprint density at radius 3 is 2.27 bits per heavy atom. The van der Waals surface area contributed by atoms with E-state index in [1.165, 1.54) is 7.11 Å². The molecule has 1 N–H and O–H groups in total. The van der Waals surface area contributed by atoms with Crippen molar-refractivity contribution in [1.82, 2.24) is 10.2 Å². The van der Waals surface area contributed by atoms with Crippen LogP contribution in [0.3, 0.4) is 0 Å². The van der Waals surface area contributed by atoms with E-state index in [9.17, 15) is 9.59 Å². The zero-order valence-electron chi connectivity index (χ0n) is 14.9. The SMILES string of the molecule is COC(=O)CC1CC(C(=O)NCc2ccccc2)N1Cc1ccccc1. The summed E-state index contributed by atoms with van der Waals surface area (Å²) in [5, 5.41) is 3.01. The fourth-order valence-electron chi connectivity index (χ4n) is 3.32. The van der Waals surface area contributed by atoms with Crippen LogP contribution in [-0.4, -0.2) is 36.0 Å². The van der Waals surface area contributed by atoms with Crippen LogP contribution in [0.15, 0.2) is 60.7 Å². The molecule has 0 radical (unpaired) electrons. The minimum Gasteiger partial charge on any atom is -0.469 e. The lowest BCUT2D eigenvalue weighted by molar-refractivity contribution is -0.148. The van der Waals surface area contributed by atoms with Gasteiger partial charge in [0, 0.05) is 19.1 Å². The van der Waals surface area contributed by atoms with Gasteiger partial charge in [0.2, 0.25) is 5.91 Å². The number of ether oxygens (including phenoxy) is 1. The van der Waals surface area contributed by atoms with E-state index >= 15 is 0 Å². The first-order valence-electron chi connectivity index (χ1n) is 8.85. The summed E-state index contributed by atoms with van der Waals surface area (Å²) in [5.74, 6) is -0.234. The van der Waals surface area contributed by atoms with E-state index in [0.717, 1.165) is 11.1 Å². The highest BCUT2D eigenvalue weighted by Gasteiger charge is 2.43. The third kappa shape index (κ3) is 4.49. The predicted octanol–water partition coefficient (Wildman–Crippen LogP) is 2.51. The maximum atomic E-state index is 12.6. The molecule has 1 heterocycles. The molecule has 2 aromatic carbocycles. The molecule has 1 aliphatic heterocycles. The Kier molecular flexibility index (Phi) is 6.02. The third-order valence-electron chi connectivity index (χ3n) is 4.81. The van der Waals surface area contributed by atoms with Crippen molar-refractivity contribution in [3.63, 3.8) is 0 Å². The van der Waals surface area contributed by atoms with Gasteiger partial charge < -0.3 is 10.1 Å². The molecule has 0 aliphatic carbocycles. The van der Waals surface area contributed by atoms with Crippen LogP contribution < -0.4 is 5.32 Å².